The summed E-state index contributed by atoms with van der Waals surface area (Å²) in [5.74, 6) is 1.39. The highest BCUT2D eigenvalue weighted by atomic mass is 127. The molecular weight excluding hydrogens is 393 g/mol. The van der Waals surface area contributed by atoms with Gasteiger partial charge in [0.1, 0.15) is 0 Å². The molecule has 6 nitrogen and oxygen atoms in total. The van der Waals surface area contributed by atoms with E-state index >= 15 is 0 Å². The van der Waals surface area contributed by atoms with Crippen molar-refractivity contribution in [3.05, 3.63) is 48.4 Å². The van der Waals surface area contributed by atoms with E-state index in [4.69, 9.17) is 4.74 Å². The highest BCUT2D eigenvalue weighted by Crippen LogP contribution is 2.12. The molecule has 0 fully saturated rings. The normalized spacial score (nSPS) is 10.7. The van der Waals surface area contributed by atoms with Crippen LogP contribution in [0.5, 0.6) is 5.88 Å². The predicted molar refractivity (Wildman–Crippen MR) is 98.8 cm³/mol. The Labute approximate surface area is 148 Å². The van der Waals surface area contributed by atoms with Gasteiger partial charge in [0, 0.05) is 50.8 Å². The summed E-state index contributed by atoms with van der Waals surface area (Å²) in [5.41, 5.74) is 0.994. The van der Waals surface area contributed by atoms with Crippen LogP contribution in [0.1, 0.15) is 5.56 Å². The third-order valence-electron chi connectivity index (χ3n) is 3.04. The number of methoxy groups -OCH3 is 1. The highest BCUT2D eigenvalue weighted by Gasteiger charge is 2.04. The van der Waals surface area contributed by atoms with Crippen LogP contribution < -0.4 is 15.4 Å². The molecule has 0 aliphatic rings. The summed E-state index contributed by atoms with van der Waals surface area (Å²) in [6, 6.07) is 7.90. The molecule has 0 aromatic carbocycles. The highest BCUT2D eigenvalue weighted by molar-refractivity contribution is 14.0. The molecular formula is C15H22IN5O. The largest absolute Gasteiger partial charge is 0.481 e. The molecule has 7 heteroatoms. The smallest absolute Gasteiger partial charge is 0.218 e. The lowest BCUT2D eigenvalue weighted by molar-refractivity contribution is 0.392. The monoisotopic (exact) mass is 415 g/mol. The minimum atomic E-state index is 0. The number of guanidine groups is 1. The first-order valence-electron chi connectivity index (χ1n) is 6.86. The third kappa shape index (κ3) is 5.55. The van der Waals surface area contributed by atoms with E-state index in [-0.39, 0.29) is 24.0 Å². The minimum Gasteiger partial charge on any atom is -0.481 e. The molecule has 120 valence electrons. The summed E-state index contributed by atoms with van der Waals surface area (Å²) in [4.78, 5) is 8.37. The molecule has 2 N–H and O–H groups in total. The predicted octanol–water partition coefficient (Wildman–Crippen LogP) is 1.87. The van der Waals surface area contributed by atoms with Gasteiger partial charge < -0.3 is 19.9 Å². The summed E-state index contributed by atoms with van der Waals surface area (Å²) in [6.07, 6.45) is 5.79. The van der Waals surface area contributed by atoms with Gasteiger partial charge in [0.05, 0.1) is 7.11 Å². The SMILES string of the molecule is CN=C(NCCn1cccc1)NCc1cccnc1OC.I. The van der Waals surface area contributed by atoms with Crippen LogP contribution in [-0.2, 0) is 13.1 Å². The Balaban J connectivity index is 0.00000242. The zero-order valence-electron chi connectivity index (χ0n) is 12.8. The first kappa shape index (κ1) is 18.3. The maximum atomic E-state index is 5.23. The number of hydrogen-bond acceptors (Lipinski definition) is 3. The summed E-state index contributed by atoms with van der Waals surface area (Å²) in [6.45, 7) is 2.31. The van der Waals surface area contributed by atoms with Crippen LogP contribution in [0.2, 0.25) is 0 Å². The molecule has 0 aliphatic carbocycles. The van der Waals surface area contributed by atoms with E-state index in [0.717, 1.165) is 24.6 Å². The van der Waals surface area contributed by atoms with Gasteiger partial charge in [-0.25, -0.2) is 4.98 Å². The molecule has 2 aromatic rings. The fourth-order valence-corrected chi connectivity index (χ4v) is 1.96. The van der Waals surface area contributed by atoms with Gasteiger partial charge in [0.25, 0.3) is 0 Å². The first-order chi connectivity index (χ1) is 10.3. The number of nitrogens with one attached hydrogen (secondary N) is 2. The Morgan fingerprint density at radius 2 is 2.05 bits per heavy atom. The number of aromatic nitrogens is 2. The molecule has 0 radical (unpaired) electrons. The molecule has 22 heavy (non-hydrogen) atoms. The Morgan fingerprint density at radius 1 is 1.27 bits per heavy atom. The van der Waals surface area contributed by atoms with E-state index in [1.807, 2.05) is 36.7 Å². The van der Waals surface area contributed by atoms with Crippen molar-refractivity contribution in [2.75, 3.05) is 20.7 Å². The van der Waals surface area contributed by atoms with Crippen molar-refractivity contribution >= 4 is 29.9 Å². The van der Waals surface area contributed by atoms with E-state index in [2.05, 4.69) is 25.2 Å². The van der Waals surface area contributed by atoms with Crippen LogP contribution in [0.3, 0.4) is 0 Å². The van der Waals surface area contributed by atoms with Crippen molar-refractivity contribution in [1.29, 1.82) is 0 Å². The van der Waals surface area contributed by atoms with Crippen molar-refractivity contribution in [3.63, 3.8) is 0 Å². The molecule has 0 saturated heterocycles. The molecule has 0 spiro atoms. The molecule has 2 heterocycles. The number of halogens is 1. The standard InChI is InChI=1S/C15H21N5O.HI/c1-16-15(18-8-11-20-9-3-4-10-20)19-12-13-6-5-7-17-14(13)21-2;/h3-7,9-10H,8,11-12H2,1-2H3,(H2,16,18,19);1H. The van der Waals surface area contributed by atoms with Crippen LogP contribution in [-0.4, -0.2) is 36.2 Å². The summed E-state index contributed by atoms with van der Waals surface area (Å²) in [5, 5.41) is 6.52. The second-order valence-electron chi connectivity index (χ2n) is 4.45. The second kappa shape index (κ2) is 10.0. The maximum absolute atomic E-state index is 5.23. The van der Waals surface area contributed by atoms with Gasteiger partial charge in [0.15, 0.2) is 5.96 Å². The summed E-state index contributed by atoms with van der Waals surface area (Å²) >= 11 is 0. The number of aliphatic imine (C=N–C) groups is 1. The lowest BCUT2D eigenvalue weighted by Gasteiger charge is -2.13. The van der Waals surface area contributed by atoms with Crippen molar-refractivity contribution in [2.45, 2.75) is 13.1 Å². The third-order valence-corrected chi connectivity index (χ3v) is 3.04. The van der Waals surface area contributed by atoms with Crippen LogP contribution in [0.15, 0.2) is 47.8 Å². The number of hydrogen-bond donors (Lipinski definition) is 2. The molecule has 0 atom stereocenters. The van der Waals surface area contributed by atoms with Crippen LogP contribution in [0.4, 0.5) is 0 Å². The van der Waals surface area contributed by atoms with Crippen LogP contribution in [0.25, 0.3) is 0 Å². The minimum absolute atomic E-state index is 0. The Kier molecular flexibility index (Phi) is 8.34. The fourth-order valence-electron chi connectivity index (χ4n) is 1.96. The number of pyridine rings is 1. The van der Waals surface area contributed by atoms with Crippen LogP contribution >= 0.6 is 24.0 Å². The lowest BCUT2D eigenvalue weighted by atomic mass is 10.3. The van der Waals surface area contributed by atoms with Gasteiger partial charge in [-0.1, -0.05) is 6.07 Å². The number of nitrogens with zero attached hydrogens (tertiary/aromatic N) is 3. The van der Waals surface area contributed by atoms with Gasteiger partial charge in [-0.15, -0.1) is 24.0 Å². The van der Waals surface area contributed by atoms with Crippen molar-refractivity contribution < 1.29 is 4.74 Å². The van der Waals surface area contributed by atoms with Gasteiger partial charge in [-0.3, -0.25) is 4.99 Å². The molecule has 2 aromatic heterocycles. The molecule has 0 aliphatic heterocycles. The Hall–Kier alpha value is -1.77. The van der Waals surface area contributed by atoms with E-state index in [9.17, 15) is 0 Å². The topological polar surface area (TPSA) is 63.5 Å². The summed E-state index contributed by atoms with van der Waals surface area (Å²) < 4.78 is 7.34. The van der Waals surface area contributed by atoms with Gasteiger partial charge in [0.2, 0.25) is 5.88 Å². The summed E-state index contributed by atoms with van der Waals surface area (Å²) in [7, 11) is 3.38. The average molecular weight is 415 g/mol. The molecule has 0 saturated carbocycles. The van der Waals surface area contributed by atoms with Gasteiger partial charge in [-0.05, 0) is 18.2 Å². The zero-order chi connectivity index (χ0) is 14.9. The number of rotatable bonds is 6. The van der Waals surface area contributed by atoms with Gasteiger partial charge >= 0.3 is 0 Å². The van der Waals surface area contributed by atoms with Crippen molar-refractivity contribution in [2.24, 2.45) is 4.99 Å². The fraction of sp³-hybridized carbons (Fsp3) is 0.333. The second-order valence-corrected chi connectivity index (χ2v) is 4.45. The molecule has 0 bridgehead atoms. The first-order valence-corrected chi connectivity index (χ1v) is 6.86. The number of ether oxygens (including phenoxy) is 1. The van der Waals surface area contributed by atoms with Gasteiger partial charge in [-0.2, -0.15) is 0 Å². The van der Waals surface area contributed by atoms with E-state index in [0.29, 0.717) is 12.4 Å². The molecule has 0 unspecified atom stereocenters. The zero-order valence-corrected chi connectivity index (χ0v) is 15.2. The van der Waals surface area contributed by atoms with Crippen molar-refractivity contribution in [3.8, 4) is 5.88 Å². The molecule has 0 amide bonds. The lowest BCUT2D eigenvalue weighted by Crippen LogP contribution is -2.38. The van der Waals surface area contributed by atoms with Crippen molar-refractivity contribution in [1.82, 2.24) is 20.2 Å². The van der Waals surface area contributed by atoms with Crippen LogP contribution in [0, 0.1) is 0 Å². The molecule has 2 rings (SSSR count). The van der Waals surface area contributed by atoms with E-state index in [1.165, 1.54) is 0 Å². The van der Waals surface area contributed by atoms with E-state index < -0.39 is 0 Å². The Bertz CT molecular complexity index is 571. The average Bonchev–Trinajstić information content (AvgIpc) is 3.04. The quantitative estimate of drug-likeness (QED) is 0.430. The maximum Gasteiger partial charge on any atom is 0.218 e. The Morgan fingerprint density at radius 3 is 2.73 bits per heavy atom. The van der Waals surface area contributed by atoms with E-state index in [1.54, 1.807) is 20.4 Å².